The Bertz CT molecular complexity index is 771. The molecule has 5 nitrogen and oxygen atoms in total. The Morgan fingerprint density at radius 3 is 2.60 bits per heavy atom. The molecule has 1 aromatic heterocycles. The molecule has 20 heavy (non-hydrogen) atoms. The third-order valence-corrected chi connectivity index (χ3v) is 6.60. The lowest BCUT2D eigenvalue weighted by Crippen LogP contribution is -2.51. The van der Waals surface area contributed by atoms with Gasteiger partial charge in [-0.3, -0.25) is 0 Å². The minimum absolute atomic E-state index is 0.107. The molecule has 2 aromatic rings. The maximum absolute atomic E-state index is 12.1. The zero-order valence-electron chi connectivity index (χ0n) is 11.4. The summed E-state index contributed by atoms with van der Waals surface area (Å²) in [7, 11) is -3.02. The maximum Gasteiger partial charge on any atom is 0.217 e. The molecule has 1 aromatic carbocycles. The summed E-state index contributed by atoms with van der Waals surface area (Å²) in [4.78, 5) is 4.55. The first kappa shape index (κ1) is 12.3. The van der Waals surface area contributed by atoms with E-state index in [0.29, 0.717) is 13.1 Å². The fraction of sp³-hybridized carbons (Fsp3) is 0.500. The molecule has 2 aliphatic rings. The van der Waals surface area contributed by atoms with Crippen LogP contribution in [0.2, 0.25) is 0 Å². The van der Waals surface area contributed by atoms with Crippen molar-refractivity contribution in [3.8, 4) is 0 Å². The number of rotatable bonds is 3. The lowest BCUT2D eigenvalue weighted by molar-refractivity contribution is 0.205. The van der Waals surface area contributed by atoms with E-state index >= 15 is 0 Å². The third-order valence-electron chi connectivity index (χ3n) is 4.27. The minimum Gasteiger partial charge on any atom is -0.322 e. The van der Waals surface area contributed by atoms with Gasteiger partial charge in [-0.15, -0.1) is 0 Å². The van der Waals surface area contributed by atoms with Crippen molar-refractivity contribution in [2.24, 2.45) is 0 Å². The molecule has 1 saturated heterocycles. The van der Waals surface area contributed by atoms with Crippen LogP contribution in [0, 0.1) is 6.92 Å². The summed E-state index contributed by atoms with van der Waals surface area (Å²) in [5, 5.41) is -0.107. The number of aromatic nitrogens is 2. The zero-order chi connectivity index (χ0) is 13.9. The van der Waals surface area contributed by atoms with Gasteiger partial charge in [0.1, 0.15) is 5.82 Å². The Hall–Kier alpha value is -1.40. The first-order chi connectivity index (χ1) is 9.57. The summed E-state index contributed by atoms with van der Waals surface area (Å²) in [6, 6.07) is 8.24. The predicted molar refractivity (Wildman–Crippen MR) is 77.0 cm³/mol. The normalized spacial score (nSPS) is 21.2. The summed E-state index contributed by atoms with van der Waals surface area (Å²) in [6.45, 7) is 3.15. The largest absolute Gasteiger partial charge is 0.322 e. The van der Waals surface area contributed by atoms with Crippen LogP contribution in [0.25, 0.3) is 11.0 Å². The number of hydrogen-bond acceptors (Lipinski definition) is 3. The van der Waals surface area contributed by atoms with E-state index in [-0.39, 0.29) is 11.3 Å². The zero-order valence-corrected chi connectivity index (χ0v) is 12.2. The molecule has 1 aliphatic carbocycles. The van der Waals surface area contributed by atoms with Crippen molar-refractivity contribution in [2.45, 2.75) is 31.1 Å². The summed E-state index contributed by atoms with van der Waals surface area (Å²) in [6.07, 6.45) is 1.66. The van der Waals surface area contributed by atoms with Crippen LogP contribution in [0.1, 0.15) is 24.7 Å². The quantitative estimate of drug-likeness (QED) is 0.865. The molecule has 1 saturated carbocycles. The molecular formula is C14H17N3O2S. The Kier molecular flexibility index (Phi) is 2.50. The first-order valence-electron chi connectivity index (χ1n) is 7.00. The number of benzene rings is 1. The SMILES string of the molecule is Cc1nc2ccccc2n1C1CN(S(=O)(=O)C2CC2)C1. The first-order valence-corrected chi connectivity index (χ1v) is 8.50. The molecule has 0 amide bonds. The van der Waals surface area contributed by atoms with Crippen LogP contribution in [0.3, 0.4) is 0 Å². The molecule has 0 spiro atoms. The number of aryl methyl sites for hydroxylation is 1. The third kappa shape index (κ3) is 1.71. The molecule has 6 heteroatoms. The van der Waals surface area contributed by atoms with E-state index in [1.807, 2.05) is 31.2 Å². The van der Waals surface area contributed by atoms with Gasteiger partial charge in [0.25, 0.3) is 0 Å². The number of imidazole rings is 1. The smallest absolute Gasteiger partial charge is 0.217 e. The lowest BCUT2D eigenvalue weighted by atomic mass is 10.1. The maximum atomic E-state index is 12.1. The number of para-hydroxylation sites is 2. The van der Waals surface area contributed by atoms with E-state index in [1.54, 1.807) is 4.31 Å². The molecule has 0 bridgehead atoms. The Morgan fingerprint density at radius 2 is 1.90 bits per heavy atom. The second kappa shape index (κ2) is 4.05. The number of sulfonamides is 1. The van der Waals surface area contributed by atoms with E-state index < -0.39 is 10.0 Å². The standard InChI is InChI=1S/C14H17N3O2S/c1-10-15-13-4-2-3-5-14(13)17(10)11-8-16(9-11)20(18,19)12-6-7-12/h2-5,11-12H,6-9H2,1H3. The highest BCUT2D eigenvalue weighted by Crippen LogP contribution is 2.36. The van der Waals surface area contributed by atoms with E-state index in [4.69, 9.17) is 0 Å². The van der Waals surface area contributed by atoms with Crippen LogP contribution >= 0.6 is 0 Å². The summed E-state index contributed by atoms with van der Waals surface area (Å²) in [5.41, 5.74) is 2.08. The van der Waals surface area contributed by atoms with Crippen LogP contribution in [-0.2, 0) is 10.0 Å². The fourth-order valence-corrected chi connectivity index (χ4v) is 4.90. The van der Waals surface area contributed by atoms with Gasteiger partial charge in [-0.2, -0.15) is 4.31 Å². The van der Waals surface area contributed by atoms with Gasteiger partial charge in [-0.25, -0.2) is 13.4 Å². The van der Waals surface area contributed by atoms with Crippen molar-refractivity contribution >= 4 is 21.1 Å². The highest BCUT2D eigenvalue weighted by molar-refractivity contribution is 7.90. The van der Waals surface area contributed by atoms with Crippen molar-refractivity contribution < 1.29 is 8.42 Å². The number of hydrogen-bond donors (Lipinski definition) is 0. The van der Waals surface area contributed by atoms with Crippen molar-refractivity contribution in [1.29, 1.82) is 0 Å². The molecule has 1 aliphatic heterocycles. The van der Waals surface area contributed by atoms with Gasteiger partial charge in [-0.05, 0) is 31.9 Å². The average Bonchev–Trinajstić information content (AvgIpc) is 3.14. The molecule has 0 N–H and O–H groups in total. The van der Waals surface area contributed by atoms with Gasteiger partial charge in [0.15, 0.2) is 0 Å². The van der Waals surface area contributed by atoms with Crippen LogP contribution in [0.4, 0.5) is 0 Å². The Morgan fingerprint density at radius 1 is 1.20 bits per heavy atom. The molecule has 0 radical (unpaired) electrons. The predicted octanol–water partition coefficient (Wildman–Crippen LogP) is 1.69. The molecular weight excluding hydrogens is 274 g/mol. The van der Waals surface area contributed by atoms with Gasteiger partial charge in [0, 0.05) is 13.1 Å². The topological polar surface area (TPSA) is 55.2 Å². The number of nitrogens with zero attached hydrogens (tertiary/aromatic N) is 3. The Labute approximate surface area is 118 Å². The van der Waals surface area contributed by atoms with E-state index in [9.17, 15) is 8.42 Å². The van der Waals surface area contributed by atoms with Crippen LogP contribution in [0.5, 0.6) is 0 Å². The van der Waals surface area contributed by atoms with Gasteiger partial charge in [0.05, 0.1) is 22.3 Å². The molecule has 2 heterocycles. The van der Waals surface area contributed by atoms with E-state index in [0.717, 1.165) is 29.7 Å². The highest BCUT2D eigenvalue weighted by atomic mass is 32.2. The van der Waals surface area contributed by atoms with Gasteiger partial charge in [0.2, 0.25) is 10.0 Å². The summed E-state index contributed by atoms with van der Waals surface area (Å²) >= 11 is 0. The van der Waals surface area contributed by atoms with Crippen LogP contribution in [0.15, 0.2) is 24.3 Å². The van der Waals surface area contributed by atoms with Crippen molar-refractivity contribution in [1.82, 2.24) is 13.9 Å². The van der Waals surface area contributed by atoms with Gasteiger partial charge < -0.3 is 4.57 Å². The molecule has 2 fully saturated rings. The fourth-order valence-electron chi connectivity index (χ4n) is 2.99. The lowest BCUT2D eigenvalue weighted by Gasteiger charge is -2.39. The molecule has 106 valence electrons. The second-order valence-corrected chi connectivity index (χ2v) is 7.95. The van der Waals surface area contributed by atoms with E-state index in [1.165, 1.54) is 0 Å². The van der Waals surface area contributed by atoms with Gasteiger partial charge >= 0.3 is 0 Å². The van der Waals surface area contributed by atoms with Crippen LogP contribution < -0.4 is 0 Å². The highest BCUT2D eigenvalue weighted by Gasteiger charge is 2.45. The Balaban J connectivity index is 1.62. The van der Waals surface area contributed by atoms with Crippen molar-refractivity contribution in [2.75, 3.05) is 13.1 Å². The number of fused-ring (bicyclic) bond motifs is 1. The van der Waals surface area contributed by atoms with Crippen molar-refractivity contribution in [3.05, 3.63) is 30.1 Å². The molecule has 4 rings (SSSR count). The van der Waals surface area contributed by atoms with Crippen LogP contribution in [-0.4, -0.2) is 40.6 Å². The average molecular weight is 291 g/mol. The minimum atomic E-state index is -3.02. The summed E-state index contributed by atoms with van der Waals surface area (Å²) in [5.74, 6) is 0.958. The van der Waals surface area contributed by atoms with Crippen molar-refractivity contribution in [3.63, 3.8) is 0 Å². The summed E-state index contributed by atoms with van der Waals surface area (Å²) < 4.78 is 28.1. The van der Waals surface area contributed by atoms with Gasteiger partial charge in [-0.1, -0.05) is 12.1 Å². The molecule has 0 atom stereocenters. The second-order valence-electron chi connectivity index (χ2n) is 5.73. The van der Waals surface area contributed by atoms with E-state index in [2.05, 4.69) is 9.55 Å². The monoisotopic (exact) mass is 291 g/mol. The molecule has 0 unspecified atom stereocenters.